The molecule has 0 aromatic heterocycles. The van der Waals surface area contributed by atoms with E-state index in [1.54, 1.807) is 0 Å². The van der Waals surface area contributed by atoms with Crippen molar-refractivity contribution in [3.63, 3.8) is 0 Å². The number of epoxide rings is 1. The van der Waals surface area contributed by atoms with Gasteiger partial charge in [-0.15, -0.1) is 0 Å². The lowest BCUT2D eigenvalue weighted by molar-refractivity contribution is -0.142. The third-order valence-electron chi connectivity index (χ3n) is 6.28. The Balaban J connectivity index is 1.97. The van der Waals surface area contributed by atoms with Crippen LogP contribution < -0.4 is 5.32 Å². The highest BCUT2D eigenvalue weighted by Gasteiger charge is 2.62. The van der Waals surface area contributed by atoms with E-state index in [0.717, 1.165) is 45.3 Å². The SMILES string of the molecule is CCC1(CC)CC2(CC(C)(C)NC(C)(C)C2)C(=O)N1CC1CO1. The van der Waals surface area contributed by atoms with E-state index in [1.807, 2.05) is 0 Å². The summed E-state index contributed by atoms with van der Waals surface area (Å²) < 4.78 is 5.45. The van der Waals surface area contributed by atoms with Crippen LogP contribution in [0.3, 0.4) is 0 Å². The summed E-state index contributed by atoms with van der Waals surface area (Å²) in [5.41, 5.74) is -0.195. The van der Waals surface area contributed by atoms with E-state index < -0.39 is 0 Å². The van der Waals surface area contributed by atoms with Gasteiger partial charge in [-0.1, -0.05) is 13.8 Å². The normalized spacial score (nSPS) is 33.2. The van der Waals surface area contributed by atoms with Crippen LogP contribution in [0.2, 0.25) is 0 Å². The highest BCUT2D eigenvalue weighted by atomic mass is 16.6. The molecular formula is C19H34N2O2. The van der Waals surface area contributed by atoms with Crippen LogP contribution in [0, 0.1) is 5.41 Å². The Morgan fingerprint density at radius 3 is 2.04 bits per heavy atom. The number of amides is 1. The fourth-order valence-corrected chi connectivity index (χ4v) is 5.87. The van der Waals surface area contributed by atoms with Crippen LogP contribution in [0.25, 0.3) is 0 Å². The second-order valence-corrected chi connectivity index (χ2v) is 9.51. The molecule has 1 amide bonds. The average molecular weight is 322 g/mol. The summed E-state index contributed by atoms with van der Waals surface area (Å²) in [6, 6.07) is 0. The Morgan fingerprint density at radius 2 is 1.61 bits per heavy atom. The first kappa shape index (κ1) is 17.2. The smallest absolute Gasteiger partial charge is 0.229 e. The van der Waals surface area contributed by atoms with Gasteiger partial charge in [-0.05, 0) is 59.8 Å². The number of rotatable bonds is 4. The fourth-order valence-electron chi connectivity index (χ4n) is 5.87. The first-order valence-corrected chi connectivity index (χ1v) is 9.30. The van der Waals surface area contributed by atoms with Crippen molar-refractivity contribution in [2.24, 2.45) is 5.41 Å². The average Bonchev–Trinajstić information content (AvgIpc) is 3.19. The van der Waals surface area contributed by atoms with Gasteiger partial charge in [0.2, 0.25) is 5.91 Å². The van der Waals surface area contributed by atoms with E-state index in [2.05, 4.69) is 51.8 Å². The van der Waals surface area contributed by atoms with Crippen molar-refractivity contribution < 1.29 is 9.53 Å². The number of ether oxygens (including phenoxy) is 1. The van der Waals surface area contributed by atoms with Crippen LogP contribution in [-0.2, 0) is 9.53 Å². The van der Waals surface area contributed by atoms with Gasteiger partial charge in [-0.25, -0.2) is 0 Å². The number of carbonyl (C=O) groups excluding carboxylic acids is 1. The largest absolute Gasteiger partial charge is 0.371 e. The summed E-state index contributed by atoms with van der Waals surface area (Å²) in [6.07, 6.45) is 5.23. The number of piperidine rings is 1. The second kappa shape index (κ2) is 5.19. The topological polar surface area (TPSA) is 44.9 Å². The standard InChI is InChI=1S/C19H34N2O2/c1-7-19(8-2)13-18(15(22)21(19)9-14-10-23-14)11-16(3,4)20-17(5,6)12-18/h14,20H,7-13H2,1-6H3. The zero-order valence-corrected chi connectivity index (χ0v) is 15.8. The third-order valence-corrected chi connectivity index (χ3v) is 6.28. The van der Waals surface area contributed by atoms with Gasteiger partial charge in [0.25, 0.3) is 0 Å². The number of hydrogen-bond acceptors (Lipinski definition) is 3. The number of carbonyl (C=O) groups is 1. The van der Waals surface area contributed by atoms with Crippen molar-refractivity contribution in [1.29, 1.82) is 0 Å². The lowest BCUT2D eigenvalue weighted by Gasteiger charge is -2.51. The molecule has 3 fully saturated rings. The number of nitrogens with zero attached hydrogens (tertiary/aromatic N) is 1. The summed E-state index contributed by atoms with van der Waals surface area (Å²) in [6.45, 7) is 15.1. The molecule has 1 atom stereocenters. The van der Waals surface area contributed by atoms with E-state index in [9.17, 15) is 4.79 Å². The summed E-state index contributed by atoms with van der Waals surface area (Å²) in [7, 11) is 0. The molecule has 1 spiro atoms. The van der Waals surface area contributed by atoms with Gasteiger partial charge in [0.1, 0.15) is 0 Å². The summed E-state index contributed by atoms with van der Waals surface area (Å²) in [5, 5.41) is 3.74. The van der Waals surface area contributed by atoms with Crippen molar-refractivity contribution in [2.75, 3.05) is 13.2 Å². The van der Waals surface area contributed by atoms with E-state index in [0.29, 0.717) is 5.91 Å². The Labute approximate surface area is 141 Å². The van der Waals surface area contributed by atoms with Gasteiger partial charge in [0.05, 0.1) is 18.1 Å². The maximum absolute atomic E-state index is 13.6. The molecule has 3 rings (SSSR count). The molecule has 132 valence electrons. The van der Waals surface area contributed by atoms with Crippen LogP contribution >= 0.6 is 0 Å². The van der Waals surface area contributed by atoms with E-state index in [-0.39, 0.29) is 28.1 Å². The second-order valence-electron chi connectivity index (χ2n) is 9.51. The lowest BCUT2D eigenvalue weighted by Crippen LogP contribution is -2.62. The van der Waals surface area contributed by atoms with Gasteiger partial charge in [0.15, 0.2) is 0 Å². The lowest BCUT2D eigenvalue weighted by atomic mass is 9.62. The first-order chi connectivity index (χ1) is 10.6. The predicted molar refractivity (Wildman–Crippen MR) is 92.3 cm³/mol. The maximum Gasteiger partial charge on any atom is 0.229 e. The van der Waals surface area contributed by atoms with E-state index >= 15 is 0 Å². The molecule has 4 nitrogen and oxygen atoms in total. The molecule has 0 aromatic rings. The van der Waals surface area contributed by atoms with Gasteiger partial charge >= 0.3 is 0 Å². The van der Waals surface area contributed by atoms with Crippen molar-refractivity contribution in [2.45, 2.75) is 96.4 Å². The van der Waals surface area contributed by atoms with Gasteiger partial charge in [0, 0.05) is 23.2 Å². The molecule has 3 saturated heterocycles. The molecule has 0 radical (unpaired) electrons. The Hall–Kier alpha value is -0.610. The van der Waals surface area contributed by atoms with Crippen molar-refractivity contribution >= 4 is 5.91 Å². The van der Waals surface area contributed by atoms with Crippen molar-refractivity contribution in [1.82, 2.24) is 10.2 Å². The molecule has 0 aromatic carbocycles. The van der Waals surface area contributed by atoms with Crippen molar-refractivity contribution in [3.05, 3.63) is 0 Å². The van der Waals surface area contributed by atoms with Crippen LogP contribution in [0.5, 0.6) is 0 Å². The number of hydrogen-bond donors (Lipinski definition) is 1. The van der Waals surface area contributed by atoms with Crippen LogP contribution in [0.15, 0.2) is 0 Å². The molecule has 3 aliphatic rings. The summed E-state index contributed by atoms with van der Waals surface area (Å²) in [5.74, 6) is 0.388. The van der Waals surface area contributed by atoms with Gasteiger partial charge in [-0.3, -0.25) is 4.79 Å². The summed E-state index contributed by atoms with van der Waals surface area (Å²) in [4.78, 5) is 15.8. The fraction of sp³-hybridized carbons (Fsp3) is 0.947. The van der Waals surface area contributed by atoms with Gasteiger partial charge < -0.3 is 15.0 Å². The molecule has 3 heterocycles. The predicted octanol–water partition coefficient (Wildman–Crippen LogP) is 3.10. The Morgan fingerprint density at radius 1 is 1.09 bits per heavy atom. The van der Waals surface area contributed by atoms with Gasteiger partial charge in [-0.2, -0.15) is 0 Å². The highest BCUT2D eigenvalue weighted by Crippen LogP contribution is 2.56. The molecule has 0 saturated carbocycles. The molecule has 23 heavy (non-hydrogen) atoms. The molecule has 3 aliphatic heterocycles. The number of nitrogens with one attached hydrogen (secondary N) is 1. The quantitative estimate of drug-likeness (QED) is 0.809. The maximum atomic E-state index is 13.6. The molecular weight excluding hydrogens is 288 g/mol. The summed E-state index contributed by atoms with van der Waals surface area (Å²) >= 11 is 0. The molecule has 1 N–H and O–H groups in total. The van der Waals surface area contributed by atoms with E-state index in [1.165, 1.54) is 0 Å². The minimum absolute atomic E-state index is 0.00325. The monoisotopic (exact) mass is 322 g/mol. The molecule has 0 bridgehead atoms. The zero-order chi connectivity index (χ0) is 17.1. The van der Waals surface area contributed by atoms with E-state index in [4.69, 9.17) is 4.74 Å². The number of likely N-dealkylation sites (tertiary alicyclic amines) is 1. The third kappa shape index (κ3) is 2.93. The minimum atomic E-state index is -0.209. The highest BCUT2D eigenvalue weighted by molar-refractivity contribution is 5.87. The van der Waals surface area contributed by atoms with Crippen molar-refractivity contribution in [3.8, 4) is 0 Å². The van der Waals surface area contributed by atoms with Crippen LogP contribution in [0.1, 0.15) is 73.6 Å². The van der Waals surface area contributed by atoms with Crippen LogP contribution in [-0.4, -0.2) is 46.7 Å². The minimum Gasteiger partial charge on any atom is -0.371 e. The first-order valence-electron chi connectivity index (χ1n) is 9.30. The molecule has 1 unspecified atom stereocenters. The molecule has 4 heteroatoms. The zero-order valence-electron chi connectivity index (χ0n) is 15.8. The molecule has 0 aliphatic carbocycles. The van der Waals surface area contributed by atoms with Crippen LogP contribution in [0.4, 0.5) is 0 Å². The Kier molecular flexibility index (Phi) is 3.89. The Bertz CT molecular complexity index is 474.